The maximum absolute atomic E-state index is 10.7. The first-order valence-corrected chi connectivity index (χ1v) is 9.62. The fraction of sp³-hybridized carbons (Fsp3) is 0.652. The van der Waals surface area contributed by atoms with Crippen molar-refractivity contribution in [1.29, 1.82) is 0 Å². The lowest BCUT2D eigenvalue weighted by molar-refractivity contribution is -0.0759. The first-order chi connectivity index (χ1) is 11.1. The Hall–Kier alpha value is -1.24. The Morgan fingerprint density at radius 3 is 2.50 bits per heavy atom. The van der Waals surface area contributed by atoms with E-state index in [0.717, 1.165) is 12.8 Å². The molecule has 2 saturated carbocycles. The average Bonchev–Trinajstić information content (AvgIpc) is 2.77. The molecule has 3 aliphatic rings. The van der Waals surface area contributed by atoms with Crippen molar-refractivity contribution >= 4 is 0 Å². The van der Waals surface area contributed by atoms with E-state index in [1.807, 2.05) is 6.07 Å². The van der Waals surface area contributed by atoms with E-state index < -0.39 is 0 Å². The second-order valence-corrected chi connectivity index (χ2v) is 9.91. The molecule has 4 atom stereocenters. The molecule has 4 rings (SSSR count). The maximum atomic E-state index is 10.7. The highest BCUT2D eigenvalue weighted by atomic mass is 16.3. The van der Waals surface area contributed by atoms with Gasteiger partial charge in [-0.3, -0.25) is 0 Å². The molecule has 0 heterocycles. The Balaban J connectivity index is 1.84. The van der Waals surface area contributed by atoms with E-state index >= 15 is 0 Å². The molecule has 0 saturated heterocycles. The summed E-state index contributed by atoms with van der Waals surface area (Å²) in [6.07, 6.45) is 6.00. The first kappa shape index (κ1) is 16.2. The van der Waals surface area contributed by atoms with Crippen LogP contribution in [0.15, 0.2) is 24.3 Å². The molecule has 0 aromatic heterocycles. The van der Waals surface area contributed by atoms with Crippen LogP contribution < -0.4 is 0 Å². The van der Waals surface area contributed by atoms with Crippen LogP contribution in [-0.2, 0) is 11.8 Å². The number of aromatic hydroxyl groups is 1. The summed E-state index contributed by atoms with van der Waals surface area (Å²) in [6.45, 7) is 16.3. The van der Waals surface area contributed by atoms with E-state index in [1.165, 1.54) is 41.5 Å². The van der Waals surface area contributed by atoms with Crippen LogP contribution in [0.5, 0.6) is 5.75 Å². The summed E-state index contributed by atoms with van der Waals surface area (Å²) in [5, 5.41) is 10.7. The first-order valence-electron chi connectivity index (χ1n) is 9.62. The van der Waals surface area contributed by atoms with Crippen molar-refractivity contribution in [1.82, 2.24) is 0 Å². The normalized spacial score (nSPS) is 40.0. The van der Waals surface area contributed by atoms with Crippen LogP contribution in [0, 0.1) is 29.6 Å². The van der Waals surface area contributed by atoms with E-state index in [1.54, 1.807) is 0 Å². The van der Waals surface area contributed by atoms with Crippen LogP contribution >= 0.6 is 0 Å². The zero-order valence-corrected chi connectivity index (χ0v) is 16.0. The van der Waals surface area contributed by atoms with Crippen LogP contribution in [0.3, 0.4) is 0 Å². The van der Waals surface area contributed by atoms with E-state index in [2.05, 4.69) is 47.3 Å². The van der Waals surface area contributed by atoms with E-state index in [9.17, 15) is 5.11 Å². The van der Waals surface area contributed by atoms with Crippen LogP contribution in [0.4, 0.5) is 0 Å². The van der Waals surface area contributed by atoms with Gasteiger partial charge in [-0.1, -0.05) is 45.9 Å². The lowest BCUT2D eigenvalue weighted by atomic mass is 9.43. The van der Waals surface area contributed by atoms with Gasteiger partial charge in [-0.15, -0.1) is 0 Å². The zero-order chi connectivity index (χ0) is 17.5. The summed E-state index contributed by atoms with van der Waals surface area (Å²) in [6, 6.07) is 4.29. The highest BCUT2D eigenvalue weighted by molar-refractivity contribution is 5.52. The maximum Gasteiger partial charge on any atom is 0.119 e. The molecule has 3 aliphatic carbocycles. The van der Waals surface area contributed by atoms with Gasteiger partial charge < -0.3 is 5.11 Å². The number of aryl methyl sites for hydroxylation is 1. The summed E-state index contributed by atoms with van der Waals surface area (Å²) in [5.41, 5.74) is 6.02. The zero-order valence-electron chi connectivity index (χ0n) is 16.0. The number of rotatable bonds is 0. The van der Waals surface area contributed by atoms with Gasteiger partial charge in [0, 0.05) is 11.0 Å². The molecule has 0 amide bonds. The Morgan fingerprint density at radius 1 is 1.08 bits per heavy atom. The molecular weight excluding hydrogens is 292 g/mol. The average molecular weight is 325 g/mol. The van der Waals surface area contributed by atoms with Crippen LogP contribution in [0.1, 0.15) is 70.1 Å². The third-order valence-electron chi connectivity index (χ3n) is 8.40. The van der Waals surface area contributed by atoms with Crippen molar-refractivity contribution in [3.8, 4) is 5.75 Å². The SMILES string of the molecule is C=C1CC[C@]2(C)[C@H](CC[C@]3(C)c4c(O)cc(C)cc4C[C@@H]23)C1(C)C. The van der Waals surface area contributed by atoms with Gasteiger partial charge in [0.2, 0.25) is 0 Å². The lowest BCUT2D eigenvalue weighted by Crippen LogP contribution is -2.55. The summed E-state index contributed by atoms with van der Waals surface area (Å²) in [5.74, 6) is 1.89. The monoisotopic (exact) mass is 324 g/mol. The minimum atomic E-state index is 0.132. The Morgan fingerprint density at radius 2 is 1.79 bits per heavy atom. The number of phenols is 1. The molecular formula is C23H32O. The van der Waals surface area contributed by atoms with Crippen LogP contribution in [0.25, 0.3) is 0 Å². The minimum Gasteiger partial charge on any atom is -0.508 e. The topological polar surface area (TPSA) is 20.2 Å². The molecule has 1 heteroatoms. The van der Waals surface area contributed by atoms with E-state index in [4.69, 9.17) is 0 Å². The molecule has 24 heavy (non-hydrogen) atoms. The molecule has 0 radical (unpaired) electrons. The fourth-order valence-electron chi connectivity index (χ4n) is 7.08. The second-order valence-electron chi connectivity index (χ2n) is 9.91. The fourth-order valence-corrected chi connectivity index (χ4v) is 7.08. The Labute approximate surface area is 147 Å². The minimum absolute atomic E-state index is 0.132. The van der Waals surface area contributed by atoms with Gasteiger partial charge in [0.1, 0.15) is 5.75 Å². The predicted molar refractivity (Wildman–Crippen MR) is 100 cm³/mol. The smallest absolute Gasteiger partial charge is 0.119 e. The van der Waals surface area contributed by atoms with Gasteiger partial charge in [0.15, 0.2) is 0 Å². The molecule has 0 spiro atoms. The molecule has 1 aromatic carbocycles. The summed E-state index contributed by atoms with van der Waals surface area (Å²) >= 11 is 0. The number of phenolic OH excluding ortho intramolecular Hbond substituents is 1. The van der Waals surface area contributed by atoms with Crippen LogP contribution in [-0.4, -0.2) is 5.11 Å². The molecule has 2 fully saturated rings. The van der Waals surface area contributed by atoms with Crippen LogP contribution in [0.2, 0.25) is 0 Å². The number of fused-ring (bicyclic) bond motifs is 5. The number of benzene rings is 1. The van der Waals surface area contributed by atoms with Crippen molar-refractivity contribution in [3.05, 3.63) is 41.0 Å². The Kier molecular flexibility index (Phi) is 3.17. The van der Waals surface area contributed by atoms with Gasteiger partial charge in [0.05, 0.1) is 0 Å². The van der Waals surface area contributed by atoms with Gasteiger partial charge >= 0.3 is 0 Å². The van der Waals surface area contributed by atoms with Gasteiger partial charge in [-0.05, 0) is 78.9 Å². The molecule has 0 bridgehead atoms. The van der Waals surface area contributed by atoms with E-state index in [0.29, 0.717) is 23.0 Å². The highest BCUT2D eigenvalue weighted by Gasteiger charge is 2.62. The third-order valence-corrected chi connectivity index (χ3v) is 8.40. The summed E-state index contributed by atoms with van der Waals surface area (Å²) in [4.78, 5) is 0. The third kappa shape index (κ3) is 1.82. The van der Waals surface area contributed by atoms with Crippen molar-refractivity contribution < 1.29 is 5.11 Å². The van der Waals surface area contributed by atoms with Crippen molar-refractivity contribution in [2.24, 2.45) is 22.7 Å². The Bertz CT molecular complexity index is 728. The van der Waals surface area contributed by atoms with Crippen molar-refractivity contribution in [2.75, 3.05) is 0 Å². The van der Waals surface area contributed by atoms with E-state index in [-0.39, 0.29) is 10.8 Å². The standard InChI is InChI=1S/C23H32O/c1-14-11-16-13-19-22(5)9-7-15(2)21(3,4)18(22)8-10-23(19,6)20(16)17(24)12-14/h11-12,18-19,24H,2,7-10,13H2,1,3-6H3/t18-,19+,22-,23+/m1/s1. The molecule has 1 N–H and O–H groups in total. The van der Waals surface area contributed by atoms with Gasteiger partial charge in [-0.25, -0.2) is 0 Å². The summed E-state index contributed by atoms with van der Waals surface area (Å²) in [7, 11) is 0. The van der Waals surface area contributed by atoms with Crippen molar-refractivity contribution in [3.63, 3.8) is 0 Å². The second kappa shape index (κ2) is 4.68. The number of allylic oxidation sites excluding steroid dienone is 1. The number of hydrogen-bond acceptors (Lipinski definition) is 1. The van der Waals surface area contributed by atoms with Gasteiger partial charge in [-0.2, -0.15) is 0 Å². The molecule has 130 valence electrons. The van der Waals surface area contributed by atoms with Gasteiger partial charge in [0.25, 0.3) is 0 Å². The lowest BCUT2D eigenvalue weighted by Gasteiger charge is -2.61. The highest BCUT2D eigenvalue weighted by Crippen LogP contribution is 2.69. The molecule has 1 aromatic rings. The van der Waals surface area contributed by atoms with Crippen molar-refractivity contribution in [2.45, 2.75) is 72.1 Å². The quantitative estimate of drug-likeness (QED) is 0.587. The molecule has 0 aliphatic heterocycles. The largest absolute Gasteiger partial charge is 0.508 e. The summed E-state index contributed by atoms with van der Waals surface area (Å²) < 4.78 is 0. The number of hydrogen-bond donors (Lipinski definition) is 1. The predicted octanol–water partition coefficient (Wildman–Crippen LogP) is 5.92. The molecule has 0 unspecified atom stereocenters. The molecule has 1 nitrogen and oxygen atoms in total.